The Labute approximate surface area is 200 Å². The monoisotopic (exact) mass is 513 g/mol. The van der Waals surface area contributed by atoms with Gasteiger partial charge in [-0.2, -0.15) is 0 Å². The summed E-state index contributed by atoms with van der Waals surface area (Å²) in [6, 6.07) is 7.93. The van der Waals surface area contributed by atoms with Crippen LogP contribution in [0.1, 0.15) is 36.0 Å². The third-order valence-corrected chi connectivity index (χ3v) is 6.68. The van der Waals surface area contributed by atoms with E-state index in [1.807, 2.05) is 20.8 Å². The van der Waals surface area contributed by atoms with E-state index < -0.39 is 15.9 Å². The van der Waals surface area contributed by atoms with Crippen molar-refractivity contribution in [2.24, 2.45) is 0 Å². The van der Waals surface area contributed by atoms with Gasteiger partial charge in [0.1, 0.15) is 5.69 Å². The van der Waals surface area contributed by atoms with Crippen molar-refractivity contribution >= 4 is 66.0 Å². The average molecular weight is 514 g/mol. The van der Waals surface area contributed by atoms with Gasteiger partial charge in [0.25, 0.3) is 5.91 Å². The first-order chi connectivity index (χ1) is 15.2. The predicted molar refractivity (Wildman–Crippen MR) is 131 cm³/mol. The number of methoxy groups -OCH3 is 1. The molecule has 12 heteroatoms. The Kier molecular flexibility index (Phi) is 6.83. The third kappa shape index (κ3) is 5.68. The summed E-state index contributed by atoms with van der Waals surface area (Å²) in [4.78, 5) is 13.4. The molecule has 9 nitrogen and oxygen atoms in total. The molecule has 0 bridgehead atoms. The van der Waals surface area contributed by atoms with E-state index in [1.165, 1.54) is 13.2 Å². The zero-order chi connectivity index (χ0) is 24.7. The Morgan fingerprint density at radius 1 is 1.12 bits per heavy atom. The first-order valence-corrected chi connectivity index (χ1v) is 12.7. The number of ether oxygens (including phenoxy) is 1. The number of carbonyl (C=O) groups is 1. The van der Waals surface area contributed by atoms with Crippen molar-refractivity contribution in [2.75, 3.05) is 28.6 Å². The summed E-state index contributed by atoms with van der Waals surface area (Å²) in [5.41, 5.74) is 0.932. The van der Waals surface area contributed by atoms with Crippen molar-refractivity contribution in [1.29, 1.82) is 0 Å². The van der Waals surface area contributed by atoms with Crippen LogP contribution < -0.4 is 20.0 Å². The van der Waals surface area contributed by atoms with Gasteiger partial charge in [-0.3, -0.25) is 19.9 Å². The zero-order valence-corrected chi connectivity index (χ0v) is 20.9. The number of thiophene rings is 1. The maximum absolute atomic E-state index is 13.1. The molecule has 0 atom stereocenters. The molecule has 1 amide bonds. The van der Waals surface area contributed by atoms with Gasteiger partial charge in [0.2, 0.25) is 10.0 Å². The molecule has 0 aliphatic heterocycles. The normalized spacial score (nSPS) is 12.0. The van der Waals surface area contributed by atoms with Crippen LogP contribution in [0.25, 0.3) is 10.1 Å². The van der Waals surface area contributed by atoms with Gasteiger partial charge in [-0.1, -0.05) is 32.4 Å². The average Bonchev–Trinajstić information content (AvgIpc) is 3.09. The van der Waals surface area contributed by atoms with E-state index in [9.17, 15) is 23.6 Å². The first-order valence-electron chi connectivity index (χ1n) is 9.62. The summed E-state index contributed by atoms with van der Waals surface area (Å²) >= 11 is 7.08. The predicted octanol–water partition coefficient (Wildman–Crippen LogP) is 5.07. The van der Waals surface area contributed by atoms with Gasteiger partial charge in [0.05, 0.1) is 34.3 Å². The fourth-order valence-electron chi connectivity index (χ4n) is 3.19. The highest BCUT2D eigenvalue weighted by molar-refractivity contribution is 7.92. The highest BCUT2D eigenvalue weighted by Gasteiger charge is 2.23. The van der Waals surface area contributed by atoms with Gasteiger partial charge >= 0.3 is 0 Å². The van der Waals surface area contributed by atoms with Crippen LogP contribution in [0.5, 0.6) is 5.75 Å². The van der Waals surface area contributed by atoms with Crippen molar-refractivity contribution in [1.82, 2.24) is 0 Å². The molecule has 0 radical (unpaired) electrons. The smallest absolute Gasteiger partial charge is 0.265 e. The van der Waals surface area contributed by atoms with E-state index in [0.717, 1.165) is 23.2 Å². The Morgan fingerprint density at radius 2 is 1.76 bits per heavy atom. The molecule has 0 saturated carbocycles. The molecule has 4 N–H and O–H groups in total. The molecule has 1 aromatic heterocycles. The Bertz CT molecular complexity index is 1330. The van der Waals surface area contributed by atoms with Crippen LogP contribution in [0.15, 0.2) is 30.3 Å². The Morgan fingerprint density at radius 3 is 2.30 bits per heavy atom. The topological polar surface area (TPSA) is 128 Å². The molecule has 2 aromatic carbocycles. The minimum absolute atomic E-state index is 0.0356. The maximum atomic E-state index is 13.1. The molecule has 1 heterocycles. The standard InChI is InChI=1S/C21H24ClN3O6S2/c1-21(2,3)12-8-14(18(31-4)15(9-12)24-33(5,29)30)23-20(26)17-7-11-6-13(22)10-16(25(27)28)19(11)32-17/h6-10,24,27-28H,1-5H3,(H,23,26). The number of nitrogens with one attached hydrogen (secondary N) is 2. The number of hydrogen-bond acceptors (Lipinski definition) is 8. The van der Waals surface area contributed by atoms with Gasteiger partial charge in [0.15, 0.2) is 5.75 Å². The van der Waals surface area contributed by atoms with Crippen LogP contribution >= 0.6 is 22.9 Å². The number of amides is 1. The Balaban J connectivity index is 2.09. The van der Waals surface area contributed by atoms with Crippen molar-refractivity contribution in [3.05, 3.63) is 45.8 Å². The third-order valence-electron chi connectivity index (χ3n) is 4.70. The first kappa shape index (κ1) is 25.1. The number of halogens is 1. The van der Waals surface area contributed by atoms with Crippen LogP contribution in [0.3, 0.4) is 0 Å². The van der Waals surface area contributed by atoms with E-state index in [0.29, 0.717) is 10.1 Å². The van der Waals surface area contributed by atoms with Crippen molar-refractivity contribution in [3.8, 4) is 5.75 Å². The molecule has 0 spiro atoms. The fraction of sp³-hybridized carbons (Fsp3) is 0.286. The lowest BCUT2D eigenvalue weighted by Crippen LogP contribution is -2.18. The number of carbonyl (C=O) groups excluding carboxylic acids is 1. The van der Waals surface area contributed by atoms with Crippen LogP contribution in [0.2, 0.25) is 5.02 Å². The van der Waals surface area contributed by atoms with Gasteiger partial charge < -0.3 is 10.1 Å². The highest BCUT2D eigenvalue weighted by atomic mass is 35.5. The second-order valence-electron chi connectivity index (χ2n) is 8.43. The molecular weight excluding hydrogens is 490 g/mol. The number of benzene rings is 2. The highest BCUT2D eigenvalue weighted by Crippen LogP contribution is 2.40. The minimum atomic E-state index is -3.61. The van der Waals surface area contributed by atoms with Gasteiger partial charge in [-0.25, -0.2) is 8.42 Å². The molecule has 0 aliphatic rings. The van der Waals surface area contributed by atoms with E-state index in [-0.39, 0.29) is 43.4 Å². The lowest BCUT2D eigenvalue weighted by molar-refractivity contribution is 0.0300. The number of fused-ring (bicyclic) bond motifs is 1. The van der Waals surface area contributed by atoms with Crippen molar-refractivity contribution in [2.45, 2.75) is 26.2 Å². The molecule has 178 valence electrons. The quantitative estimate of drug-likeness (QED) is 0.339. The fourth-order valence-corrected chi connectivity index (χ4v) is 5.00. The van der Waals surface area contributed by atoms with E-state index in [2.05, 4.69) is 10.0 Å². The van der Waals surface area contributed by atoms with Crippen molar-refractivity contribution < 1.29 is 28.4 Å². The molecule has 3 aromatic rings. The lowest BCUT2D eigenvalue weighted by atomic mass is 9.86. The maximum Gasteiger partial charge on any atom is 0.265 e. The Hall–Kier alpha value is -2.57. The summed E-state index contributed by atoms with van der Waals surface area (Å²) < 4.78 is 32.1. The number of rotatable bonds is 6. The second kappa shape index (κ2) is 8.99. The number of anilines is 3. The molecule has 0 aliphatic carbocycles. The van der Waals surface area contributed by atoms with E-state index >= 15 is 0 Å². The molecular formula is C21H24ClN3O6S2. The number of hydrogen-bond donors (Lipinski definition) is 4. The van der Waals surface area contributed by atoms with Crippen LogP contribution in [0, 0.1) is 0 Å². The molecule has 0 fully saturated rings. The molecule has 0 unspecified atom stereocenters. The molecule has 0 saturated heterocycles. The van der Waals surface area contributed by atoms with E-state index in [4.69, 9.17) is 16.3 Å². The van der Waals surface area contributed by atoms with Crippen LogP contribution in [-0.4, -0.2) is 38.1 Å². The van der Waals surface area contributed by atoms with Gasteiger partial charge in [-0.15, -0.1) is 16.6 Å². The van der Waals surface area contributed by atoms with Gasteiger partial charge in [0, 0.05) is 5.02 Å². The number of nitrogens with zero attached hydrogens (tertiary/aromatic N) is 1. The zero-order valence-electron chi connectivity index (χ0n) is 18.6. The summed E-state index contributed by atoms with van der Waals surface area (Å²) in [5, 5.41) is 22.5. The van der Waals surface area contributed by atoms with Gasteiger partial charge in [-0.05, 0) is 46.7 Å². The van der Waals surface area contributed by atoms with E-state index in [1.54, 1.807) is 24.3 Å². The lowest BCUT2D eigenvalue weighted by Gasteiger charge is -2.23. The van der Waals surface area contributed by atoms with Crippen molar-refractivity contribution in [3.63, 3.8) is 0 Å². The number of sulfonamides is 1. The summed E-state index contributed by atoms with van der Waals surface area (Å²) in [6.07, 6.45) is 1.03. The minimum Gasteiger partial charge on any atom is -0.492 e. The second-order valence-corrected chi connectivity index (χ2v) is 11.7. The molecule has 3 rings (SSSR count). The SMILES string of the molecule is COc1c(NC(=O)c2cc3cc(Cl)cc(N(O)O)c3s2)cc(C(C)(C)C)cc1NS(C)(=O)=O. The van der Waals surface area contributed by atoms with Crippen LogP contribution in [-0.2, 0) is 15.4 Å². The summed E-state index contributed by atoms with van der Waals surface area (Å²) in [5.74, 6) is -0.334. The summed E-state index contributed by atoms with van der Waals surface area (Å²) in [7, 11) is -2.23. The summed E-state index contributed by atoms with van der Waals surface area (Å²) in [6.45, 7) is 5.87. The largest absolute Gasteiger partial charge is 0.492 e. The molecule has 33 heavy (non-hydrogen) atoms. The van der Waals surface area contributed by atoms with Crippen LogP contribution in [0.4, 0.5) is 17.1 Å².